The summed E-state index contributed by atoms with van der Waals surface area (Å²) in [6.07, 6.45) is 0.281. The maximum atomic E-state index is 13.8. The van der Waals surface area contributed by atoms with Crippen LogP contribution in [0.15, 0.2) is 84.9 Å². The summed E-state index contributed by atoms with van der Waals surface area (Å²) in [5, 5.41) is 2.90. The van der Waals surface area contributed by atoms with Crippen molar-refractivity contribution in [3.8, 4) is 0 Å². The van der Waals surface area contributed by atoms with Crippen molar-refractivity contribution >= 4 is 23.5 Å². The molecule has 0 aromatic heterocycles. The molecular formula is C28H27FN4O3. The maximum Gasteiger partial charge on any atom is 0.325 e. The van der Waals surface area contributed by atoms with Gasteiger partial charge in [0.25, 0.3) is 5.91 Å². The molecule has 0 radical (unpaired) electrons. The fraction of sp³-hybridized carbons (Fsp3) is 0.250. The number of carbonyl (C=O) groups is 3. The highest BCUT2D eigenvalue weighted by Crippen LogP contribution is 2.33. The van der Waals surface area contributed by atoms with E-state index in [4.69, 9.17) is 0 Å². The van der Waals surface area contributed by atoms with Crippen LogP contribution in [0.25, 0.3) is 0 Å². The van der Waals surface area contributed by atoms with Gasteiger partial charge in [0.15, 0.2) is 5.54 Å². The predicted molar refractivity (Wildman–Crippen MR) is 134 cm³/mol. The summed E-state index contributed by atoms with van der Waals surface area (Å²) in [4.78, 5) is 44.7. The quantitative estimate of drug-likeness (QED) is 0.544. The Bertz CT molecular complexity index is 1240. The second-order valence-electron chi connectivity index (χ2n) is 9.10. The number of amides is 4. The molecule has 184 valence electrons. The number of rotatable bonds is 6. The van der Waals surface area contributed by atoms with E-state index < -0.39 is 17.5 Å². The molecule has 4 amide bonds. The molecule has 2 aliphatic rings. The fourth-order valence-corrected chi connectivity index (χ4v) is 4.91. The van der Waals surface area contributed by atoms with E-state index in [1.165, 1.54) is 12.1 Å². The standard InChI is InChI=1S/C28H27FN4O3/c29-23-11-13-24(14-12-23)31-15-17-32(18-16-31)25(34)20-33-26(35)28(30-27(33)36,22-9-5-2-6-10-22)19-21-7-3-1-4-8-21/h1-14H,15-20H2,(H,30,36)/t28-/m1/s1. The average molecular weight is 487 g/mol. The van der Waals surface area contributed by atoms with E-state index in [-0.39, 0.29) is 24.7 Å². The van der Waals surface area contributed by atoms with Gasteiger partial charge in [-0.1, -0.05) is 60.7 Å². The summed E-state index contributed by atoms with van der Waals surface area (Å²) < 4.78 is 13.2. The molecule has 36 heavy (non-hydrogen) atoms. The number of nitrogens with one attached hydrogen (secondary N) is 1. The van der Waals surface area contributed by atoms with E-state index in [9.17, 15) is 18.8 Å². The van der Waals surface area contributed by atoms with Crippen molar-refractivity contribution in [2.45, 2.75) is 12.0 Å². The van der Waals surface area contributed by atoms with Gasteiger partial charge in [0.2, 0.25) is 5.91 Å². The Morgan fingerprint density at radius 3 is 2.08 bits per heavy atom. The summed E-state index contributed by atoms with van der Waals surface area (Å²) in [5.41, 5.74) is 1.20. The zero-order valence-electron chi connectivity index (χ0n) is 19.8. The molecule has 8 heteroatoms. The number of anilines is 1. The molecular weight excluding hydrogens is 459 g/mol. The van der Waals surface area contributed by atoms with Crippen LogP contribution < -0.4 is 10.2 Å². The monoisotopic (exact) mass is 486 g/mol. The molecule has 0 unspecified atom stereocenters. The Morgan fingerprint density at radius 2 is 1.44 bits per heavy atom. The molecule has 1 N–H and O–H groups in total. The second-order valence-corrected chi connectivity index (χ2v) is 9.10. The number of imide groups is 1. The van der Waals surface area contributed by atoms with Crippen molar-refractivity contribution in [1.82, 2.24) is 15.1 Å². The molecule has 0 saturated carbocycles. The lowest BCUT2D eigenvalue weighted by molar-refractivity contribution is -0.139. The van der Waals surface area contributed by atoms with Gasteiger partial charge in [0.1, 0.15) is 12.4 Å². The van der Waals surface area contributed by atoms with Crippen molar-refractivity contribution in [1.29, 1.82) is 0 Å². The number of hydrogen-bond acceptors (Lipinski definition) is 4. The summed E-state index contributed by atoms with van der Waals surface area (Å²) in [6, 6.07) is 24.4. The van der Waals surface area contributed by atoms with E-state index in [0.29, 0.717) is 31.7 Å². The van der Waals surface area contributed by atoms with Gasteiger partial charge in [-0.15, -0.1) is 0 Å². The van der Waals surface area contributed by atoms with Gasteiger partial charge in [0, 0.05) is 38.3 Å². The SMILES string of the molecule is O=C(CN1C(=O)N[C@](Cc2ccccc2)(c2ccccc2)C1=O)N1CCN(c2ccc(F)cc2)CC1. The molecule has 2 aliphatic heterocycles. The first-order valence-corrected chi connectivity index (χ1v) is 12.0. The molecule has 3 aromatic rings. The third-order valence-corrected chi connectivity index (χ3v) is 6.87. The van der Waals surface area contributed by atoms with Crippen LogP contribution in [0, 0.1) is 5.82 Å². The van der Waals surface area contributed by atoms with Gasteiger partial charge in [-0.05, 0) is 35.4 Å². The number of nitrogens with zero attached hydrogens (tertiary/aromatic N) is 3. The first kappa shape index (κ1) is 23.5. The highest BCUT2D eigenvalue weighted by Gasteiger charge is 2.53. The Hall–Kier alpha value is -4.20. The van der Waals surface area contributed by atoms with Crippen LogP contribution in [0.1, 0.15) is 11.1 Å². The summed E-state index contributed by atoms with van der Waals surface area (Å²) in [6.45, 7) is 1.75. The zero-order chi connectivity index (χ0) is 25.1. The van der Waals surface area contributed by atoms with E-state index in [2.05, 4.69) is 10.2 Å². The Kier molecular flexibility index (Phi) is 6.41. The smallest absolute Gasteiger partial charge is 0.325 e. The summed E-state index contributed by atoms with van der Waals surface area (Å²) >= 11 is 0. The van der Waals surface area contributed by atoms with Crippen LogP contribution in [0.2, 0.25) is 0 Å². The molecule has 5 rings (SSSR count). The highest BCUT2D eigenvalue weighted by atomic mass is 19.1. The van der Waals surface area contributed by atoms with Crippen molar-refractivity contribution in [2.24, 2.45) is 0 Å². The first-order chi connectivity index (χ1) is 17.5. The van der Waals surface area contributed by atoms with Crippen molar-refractivity contribution in [2.75, 3.05) is 37.6 Å². The summed E-state index contributed by atoms with van der Waals surface area (Å²) in [5.74, 6) is -0.998. The molecule has 0 spiro atoms. The normalized spacial score (nSPS) is 20.0. The maximum absolute atomic E-state index is 13.8. The molecule has 0 bridgehead atoms. The molecule has 0 aliphatic carbocycles. The van der Waals surface area contributed by atoms with Gasteiger partial charge in [0.05, 0.1) is 0 Å². The second kappa shape index (κ2) is 9.81. The van der Waals surface area contributed by atoms with Gasteiger partial charge in [-0.25, -0.2) is 9.18 Å². The Balaban J connectivity index is 1.30. The molecule has 2 heterocycles. The molecule has 3 aromatic carbocycles. The number of carbonyl (C=O) groups excluding carboxylic acids is 3. The number of halogens is 1. The van der Waals surface area contributed by atoms with Crippen LogP contribution in [0.3, 0.4) is 0 Å². The van der Waals surface area contributed by atoms with E-state index in [1.807, 2.05) is 60.7 Å². The predicted octanol–water partition coefficient (Wildman–Crippen LogP) is 3.16. The minimum absolute atomic E-state index is 0.277. The third-order valence-electron chi connectivity index (χ3n) is 6.87. The third kappa shape index (κ3) is 4.54. The van der Waals surface area contributed by atoms with E-state index in [1.54, 1.807) is 17.0 Å². The minimum atomic E-state index is -1.28. The van der Waals surface area contributed by atoms with Crippen LogP contribution in [-0.2, 0) is 21.5 Å². The lowest BCUT2D eigenvalue weighted by Gasteiger charge is -2.36. The number of benzene rings is 3. The van der Waals surface area contributed by atoms with Crippen molar-refractivity contribution in [3.63, 3.8) is 0 Å². The Labute approximate surface area is 209 Å². The number of hydrogen-bond donors (Lipinski definition) is 1. The number of piperazine rings is 1. The molecule has 7 nitrogen and oxygen atoms in total. The molecule has 2 fully saturated rings. The molecule has 1 atom stereocenters. The van der Waals surface area contributed by atoms with Crippen molar-refractivity contribution in [3.05, 3.63) is 102 Å². The van der Waals surface area contributed by atoms with E-state index >= 15 is 0 Å². The molecule has 2 saturated heterocycles. The average Bonchev–Trinajstić information content (AvgIpc) is 3.15. The Morgan fingerprint density at radius 1 is 0.833 bits per heavy atom. The van der Waals surface area contributed by atoms with E-state index in [0.717, 1.165) is 16.2 Å². The van der Waals surface area contributed by atoms with Crippen LogP contribution >= 0.6 is 0 Å². The summed E-state index contributed by atoms with van der Waals surface area (Å²) in [7, 11) is 0. The van der Waals surface area contributed by atoms with Gasteiger partial charge >= 0.3 is 6.03 Å². The van der Waals surface area contributed by atoms with Gasteiger partial charge in [-0.3, -0.25) is 14.5 Å². The van der Waals surface area contributed by atoms with Crippen LogP contribution in [-0.4, -0.2) is 60.4 Å². The number of urea groups is 1. The van der Waals surface area contributed by atoms with Crippen LogP contribution in [0.4, 0.5) is 14.9 Å². The van der Waals surface area contributed by atoms with Gasteiger partial charge < -0.3 is 15.1 Å². The van der Waals surface area contributed by atoms with Crippen molar-refractivity contribution < 1.29 is 18.8 Å². The van der Waals surface area contributed by atoms with Gasteiger partial charge in [-0.2, -0.15) is 0 Å². The van der Waals surface area contributed by atoms with Crippen LogP contribution in [0.5, 0.6) is 0 Å². The largest absolute Gasteiger partial charge is 0.368 e. The first-order valence-electron chi connectivity index (χ1n) is 12.0. The fourth-order valence-electron chi connectivity index (χ4n) is 4.91. The lowest BCUT2D eigenvalue weighted by atomic mass is 9.83. The lowest BCUT2D eigenvalue weighted by Crippen LogP contribution is -2.52. The zero-order valence-corrected chi connectivity index (χ0v) is 19.8. The topological polar surface area (TPSA) is 73.0 Å². The highest BCUT2D eigenvalue weighted by molar-refractivity contribution is 6.09. The minimum Gasteiger partial charge on any atom is -0.368 e.